The van der Waals surface area contributed by atoms with Gasteiger partial charge in [-0.25, -0.2) is 0 Å². The summed E-state index contributed by atoms with van der Waals surface area (Å²) in [7, 11) is 0. The van der Waals surface area contributed by atoms with Gasteiger partial charge in [-0.05, 0) is 47.9 Å². The summed E-state index contributed by atoms with van der Waals surface area (Å²) in [5.74, 6) is -0.417. The minimum atomic E-state index is -0.297. The van der Waals surface area contributed by atoms with Gasteiger partial charge >= 0.3 is 0 Å². The molecule has 5 nitrogen and oxygen atoms in total. The number of nitrogens with zero attached hydrogens (tertiary/aromatic N) is 1. The lowest BCUT2D eigenvalue weighted by Crippen LogP contribution is -2.45. The lowest BCUT2D eigenvalue weighted by molar-refractivity contribution is -0.132. The molecule has 160 valence electrons. The van der Waals surface area contributed by atoms with Crippen LogP contribution in [-0.2, 0) is 11.2 Å². The summed E-state index contributed by atoms with van der Waals surface area (Å²) in [5, 5.41) is 4.52. The van der Waals surface area contributed by atoms with Crippen LogP contribution in [0, 0.1) is 0 Å². The molecule has 0 saturated carbocycles. The van der Waals surface area contributed by atoms with Crippen LogP contribution in [-0.4, -0.2) is 34.8 Å². The van der Waals surface area contributed by atoms with Crippen molar-refractivity contribution >= 4 is 34.3 Å². The number of rotatable bonds is 4. The predicted octanol–water partition coefficient (Wildman–Crippen LogP) is 4.73. The Kier molecular flexibility index (Phi) is 5.41. The maximum absolute atomic E-state index is 13.3. The highest BCUT2D eigenvalue weighted by Gasteiger charge is 2.34. The molecule has 1 unspecified atom stereocenters. The molecule has 0 saturated heterocycles. The summed E-state index contributed by atoms with van der Waals surface area (Å²) in [4.78, 5) is 31.2. The van der Waals surface area contributed by atoms with E-state index in [4.69, 9.17) is 11.6 Å². The van der Waals surface area contributed by atoms with Crippen LogP contribution in [0.2, 0.25) is 5.02 Å². The van der Waals surface area contributed by atoms with Crippen LogP contribution in [0.25, 0.3) is 10.9 Å². The monoisotopic (exact) mass is 443 g/mol. The van der Waals surface area contributed by atoms with E-state index in [2.05, 4.69) is 22.4 Å². The van der Waals surface area contributed by atoms with Crippen LogP contribution >= 0.6 is 11.6 Å². The van der Waals surface area contributed by atoms with E-state index in [1.807, 2.05) is 47.4 Å². The lowest BCUT2D eigenvalue weighted by atomic mass is 9.92. The average molecular weight is 444 g/mol. The smallest absolute Gasteiger partial charge is 0.251 e. The molecule has 2 amide bonds. The number of amides is 2. The molecule has 32 heavy (non-hydrogen) atoms. The molecule has 4 aromatic rings. The molecule has 1 aromatic heterocycles. The average Bonchev–Trinajstić information content (AvgIpc) is 3.21. The summed E-state index contributed by atoms with van der Waals surface area (Å²) in [6, 6.07) is 24.6. The molecule has 3 aromatic carbocycles. The molecule has 0 spiro atoms. The second kappa shape index (κ2) is 8.52. The number of carbonyl (C=O) groups is 2. The van der Waals surface area contributed by atoms with Gasteiger partial charge in [0.25, 0.3) is 5.91 Å². The van der Waals surface area contributed by atoms with Gasteiger partial charge in [-0.1, -0.05) is 60.1 Å². The Hall–Kier alpha value is -3.57. The van der Waals surface area contributed by atoms with Crippen LogP contribution in [0.15, 0.2) is 78.9 Å². The van der Waals surface area contributed by atoms with Gasteiger partial charge in [-0.2, -0.15) is 0 Å². The highest BCUT2D eigenvalue weighted by atomic mass is 35.5. The number of H-pyrrole nitrogens is 1. The third kappa shape index (κ3) is 3.76. The first-order valence-electron chi connectivity index (χ1n) is 10.6. The minimum absolute atomic E-state index is 0.0691. The second-order valence-electron chi connectivity index (χ2n) is 7.90. The molecule has 1 atom stereocenters. The third-order valence-electron chi connectivity index (χ3n) is 5.98. The van der Waals surface area contributed by atoms with Crippen molar-refractivity contribution in [2.75, 3.05) is 13.1 Å². The molecule has 0 fully saturated rings. The highest BCUT2D eigenvalue weighted by molar-refractivity contribution is 6.30. The van der Waals surface area contributed by atoms with E-state index in [0.29, 0.717) is 17.1 Å². The Bertz CT molecular complexity index is 1280. The topological polar surface area (TPSA) is 65.2 Å². The third-order valence-corrected chi connectivity index (χ3v) is 6.23. The van der Waals surface area contributed by atoms with Gasteiger partial charge in [0, 0.05) is 33.7 Å². The Balaban J connectivity index is 1.43. The highest BCUT2D eigenvalue weighted by Crippen LogP contribution is 2.38. The van der Waals surface area contributed by atoms with Crippen molar-refractivity contribution in [3.63, 3.8) is 0 Å². The molecule has 6 heteroatoms. The molecule has 5 rings (SSSR count). The molecule has 1 aliphatic rings. The van der Waals surface area contributed by atoms with Crippen molar-refractivity contribution in [2.45, 2.75) is 12.5 Å². The summed E-state index contributed by atoms with van der Waals surface area (Å²) in [6.07, 6.45) is 0.763. The van der Waals surface area contributed by atoms with Gasteiger partial charge in [0.15, 0.2) is 0 Å². The van der Waals surface area contributed by atoms with Crippen molar-refractivity contribution in [3.8, 4) is 0 Å². The lowest BCUT2D eigenvalue weighted by Gasteiger charge is -2.36. The van der Waals surface area contributed by atoms with Crippen molar-refractivity contribution in [1.29, 1.82) is 0 Å². The van der Waals surface area contributed by atoms with Crippen molar-refractivity contribution in [3.05, 3.63) is 106 Å². The second-order valence-corrected chi connectivity index (χ2v) is 8.34. The van der Waals surface area contributed by atoms with E-state index in [9.17, 15) is 9.59 Å². The van der Waals surface area contributed by atoms with Crippen LogP contribution in [0.3, 0.4) is 0 Å². The molecule has 2 N–H and O–H groups in total. The van der Waals surface area contributed by atoms with Gasteiger partial charge in [0.05, 0.1) is 12.6 Å². The van der Waals surface area contributed by atoms with E-state index >= 15 is 0 Å². The number of fused-ring (bicyclic) bond motifs is 3. The van der Waals surface area contributed by atoms with E-state index < -0.39 is 0 Å². The first kappa shape index (κ1) is 20.3. The summed E-state index contributed by atoms with van der Waals surface area (Å²) >= 11 is 5.89. The molecule has 0 aliphatic carbocycles. The fourth-order valence-electron chi connectivity index (χ4n) is 4.45. The largest absolute Gasteiger partial charge is 0.356 e. The molecular formula is C26H22ClN3O2. The first-order chi connectivity index (χ1) is 15.6. The molecule has 0 bridgehead atoms. The van der Waals surface area contributed by atoms with Gasteiger partial charge in [-0.15, -0.1) is 0 Å². The van der Waals surface area contributed by atoms with Crippen molar-refractivity contribution in [1.82, 2.24) is 15.2 Å². The SMILES string of the molecule is O=C(NCC(=O)N1CCc2c([nH]c3ccccc23)C1c1ccccc1)c1ccc(Cl)cc1. The molecule has 2 heterocycles. The number of aromatic nitrogens is 1. The summed E-state index contributed by atoms with van der Waals surface area (Å²) in [5.41, 5.74) is 4.88. The number of para-hydroxylation sites is 1. The number of nitrogens with one attached hydrogen (secondary N) is 2. The van der Waals surface area contributed by atoms with Gasteiger partial charge < -0.3 is 15.2 Å². The Morgan fingerprint density at radius 1 is 0.969 bits per heavy atom. The number of carbonyl (C=O) groups excluding carboxylic acids is 2. The maximum atomic E-state index is 13.3. The van der Waals surface area contributed by atoms with Gasteiger partial charge in [-0.3, -0.25) is 9.59 Å². The zero-order valence-corrected chi connectivity index (χ0v) is 18.1. The predicted molar refractivity (Wildman–Crippen MR) is 126 cm³/mol. The van der Waals surface area contributed by atoms with E-state index in [-0.39, 0.29) is 24.4 Å². The van der Waals surface area contributed by atoms with Crippen LogP contribution < -0.4 is 5.32 Å². The molecular weight excluding hydrogens is 422 g/mol. The van der Waals surface area contributed by atoms with E-state index in [0.717, 1.165) is 23.2 Å². The van der Waals surface area contributed by atoms with E-state index in [1.54, 1.807) is 24.3 Å². The Labute approximate surface area is 191 Å². The Morgan fingerprint density at radius 2 is 1.69 bits per heavy atom. The molecule has 1 aliphatic heterocycles. The standard InChI is InChI=1S/C26H22ClN3O2/c27-19-12-10-18(11-13-19)26(32)28-16-23(31)30-15-14-21-20-8-4-5-9-22(20)29-24(21)25(30)17-6-2-1-3-7-17/h1-13,25,29H,14-16H2,(H,28,32). The number of halogens is 1. The van der Waals surface area contributed by atoms with Gasteiger partial charge in [0.1, 0.15) is 0 Å². The quantitative estimate of drug-likeness (QED) is 0.479. The number of aromatic amines is 1. The summed E-state index contributed by atoms with van der Waals surface area (Å²) < 4.78 is 0. The van der Waals surface area contributed by atoms with E-state index in [1.165, 1.54) is 10.9 Å². The number of hydrogen-bond acceptors (Lipinski definition) is 2. The van der Waals surface area contributed by atoms with Gasteiger partial charge in [0.2, 0.25) is 5.91 Å². The fourth-order valence-corrected chi connectivity index (χ4v) is 4.58. The molecule has 0 radical (unpaired) electrons. The first-order valence-corrected chi connectivity index (χ1v) is 11.0. The maximum Gasteiger partial charge on any atom is 0.251 e. The fraction of sp³-hybridized carbons (Fsp3) is 0.154. The van der Waals surface area contributed by atoms with Crippen molar-refractivity contribution < 1.29 is 9.59 Å². The summed E-state index contributed by atoms with van der Waals surface area (Å²) in [6.45, 7) is 0.518. The van der Waals surface area contributed by atoms with Crippen LogP contribution in [0.1, 0.15) is 33.2 Å². The van der Waals surface area contributed by atoms with Crippen LogP contribution in [0.5, 0.6) is 0 Å². The zero-order chi connectivity index (χ0) is 22.1. The van der Waals surface area contributed by atoms with Crippen LogP contribution in [0.4, 0.5) is 0 Å². The normalized spacial score (nSPS) is 15.4. The zero-order valence-electron chi connectivity index (χ0n) is 17.3. The number of hydrogen-bond donors (Lipinski definition) is 2. The number of benzene rings is 3. The Morgan fingerprint density at radius 3 is 2.47 bits per heavy atom. The minimum Gasteiger partial charge on any atom is -0.356 e. The van der Waals surface area contributed by atoms with Crippen molar-refractivity contribution in [2.24, 2.45) is 0 Å².